The number of anilines is 1. The Labute approximate surface area is 379 Å². The van der Waals surface area contributed by atoms with Gasteiger partial charge in [0.05, 0.1) is 50.6 Å². The van der Waals surface area contributed by atoms with Gasteiger partial charge in [0, 0.05) is 30.3 Å². The molecular weight excluding hydrogens is 973 g/mol. The largest absolute Gasteiger partial charge is 0.433 e. The van der Waals surface area contributed by atoms with E-state index in [4.69, 9.17) is 18.2 Å². The molecule has 0 radical (unpaired) electrons. The van der Waals surface area contributed by atoms with Gasteiger partial charge in [0.2, 0.25) is 15.9 Å². The van der Waals surface area contributed by atoms with Gasteiger partial charge < -0.3 is 5.32 Å². The van der Waals surface area contributed by atoms with E-state index in [0.29, 0.717) is 32.3 Å². The zero-order valence-corrected chi connectivity index (χ0v) is 35.6. The van der Waals surface area contributed by atoms with Gasteiger partial charge in [-0.05, 0) is 54.8 Å². The van der Waals surface area contributed by atoms with E-state index in [2.05, 4.69) is 35.0 Å². The molecule has 356 valence electrons. The predicted octanol–water partition coefficient (Wildman–Crippen LogP) is 8.28. The molecule has 2 saturated carbocycles. The molecule has 0 spiro atoms. The summed E-state index contributed by atoms with van der Waals surface area (Å²) in [7, 11) is -4.17. The Morgan fingerprint density at radius 1 is 1.00 bits per heavy atom. The third-order valence-corrected chi connectivity index (χ3v) is 13.8. The summed E-state index contributed by atoms with van der Waals surface area (Å²) in [5.74, 6) is -10.4. The quantitative estimate of drug-likeness (QED) is 0.103. The molecule has 0 saturated heterocycles. The Bertz CT molecular complexity index is 3260. The number of hydrogen-bond acceptors (Lipinski definition) is 8. The number of halogens is 12. The van der Waals surface area contributed by atoms with Gasteiger partial charge in [-0.25, -0.2) is 39.7 Å². The van der Waals surface area contributed by atoms with Crippen LogP contribution >= 0.6 is 11.6 Å². The monoisotopic (exact) mass is 1000 g/mol. The van der Waals surface area contributed by atoms with Crippen LogP contribution in [-0.2, 0) is 52.0 Å². The van der Waals surface area contributed by atoms with E-state index < -0.39 is 158 Å². The molecule has 0 unspecified atom stereocenters. The highest BCUT2D eigenvalue weighted by Gasteiger charge is 2.85. The lowest BCUT2D eigenvalue weighted by Gasteiger charge is -2.24. The van der Waals surface area contributed by atoms with Crippen LogP contribution in [0.1, 0.15) is 65.8 Å². The van der Waals surface area contributed by atoms with Crippen LogP contribution in [0.2, 0.25) is 5.02 Å². The highest BCUT2D eigenvalue weighted by Crippen LogP contribution is 2.72. The number of hydrogen-bond donors (Lipinski definition) is 2. The van der Waals surface area contributed by atoms with Crippen molar-refractivity contribution in [2.45, 2.75) is 80.6 Å². The summed E-state index contributed by atoms with van der Waals surface area (Å²) in [6, 6.07) is 4.58. The third kappa shape index (κ3) is 8.07. The number of amides is 1. The number of sulfonamides is 1. The first-order chi connectivity index (χ1) is 31.9. The molecule has 0 aliphatic heterocycles. The van der Waals surface area contributed by atoms with Crippen molar-refractivity contribution in [3.05, 3.63) is 121 Å². The molecule has 6 aromatic rings. The van der Waals surface area contributed by atoms with E-state index in [1.54, 1.807) is 0 Å². The molecule has 9 rings (SSSR count). The number of nitrogens with zero attached hydrogens (tertiary/aromatic N) is 8. The van der Waals surface area contributed by atoms with E-state index in [1.165, 1.54) is 0 Å². The lowest BCUT2D eigenvalue weighted by Crippen LogP contribution is -2.38. The van der Waals surface area contributed by atoms with E-state index in [0.717, 1.165) is 36.4 Å². The van der Waals surface area contributed by atoms with Crippen molar-refractivity contribution in [2.24, 2.45) is 5.92 Å². The smallest absolute Gasteiger partial charge is 0.344 e. The number of alkyl halides is 9. The van der Waals surface area contributed by atoms with E-state index in [-0.39, 0.29) is 34.4 Å². The molecule has 3 aliphatic rings. The van der Waals surface area contributed by atoms with Crippen molar-refractivity contribution in [2.75, 3.05) is 4.72 Å². The van der Waals surface area contributed by atoms with Crippen LogP contribution in [0.25, 0.3) is 32.7 Å². The summed E-state index contributed by atoms with van der Waals surface area (Å²) in [5, 5.41) is 8.63. The van der Waals surface area contributed by atoms with Gasteiger partial charge in [-0.2, -0.15) is 32.1 Å². The van der Waals surface area contributed by atoms with Gasteiger partial charge >= 0.3 is 17.6 Å². The first-order valence-electron chi connectivity index (χ1n) is 20.0. The van der Waals surface area contributed by atoms with Crippen molar-refractivity contribution < 1.29 is 61.5 Å². The molecule has 68 heavy (non-hydrogen) atoms. The van der Waals surface area contributed by atoms with Crippen LogP contribution in [0.3, 0.4) is 0 Å². The molecule has 2 aromatic carbocycles. The van der Waals surface area contributed by atoms with E-state index >= 15 is 8.78 Å². The maximum absolute atomic E-state index is 15.8. The molecule has 3 atom stereocenters. The number of rotatable bonds is 14. The van der Waals surface area contributed by atoms with Crippen LogP contribution in [0.15, 0.2) is 59.5 Å². The second-order valence-corrected chi connectivity index (χ2v) is 18.6. The summed E-state index contributed by atoms with van der Waals surface area (Å²) in [6.07, 6.45) is -11.5. The Hall–Kier alpha value is -6.62. The maximum Gasteiger partial charge on any atom is 0.433 e. The van der Waals surface area contributed by atoms with Crippen molar-refractivity contribution in [1.82, 2.24) is 39.4 Å². The normalized spacial score (nSPS) is 19.0. The number of aromatic nitrogens is 7. The lowest BCUT2D eigenvalue weighted by molar-refractivity contribution is -0.141. The summed E-state index contributed by atoms with van der Waals surface area (Å²) < 4.78 is 189. The fourth-order valence-electron chi connectivity index (χ4n) is 8.60. The van der Waals surface area contributed by atoms with Crippen LogP contribution in [0.5, 0.6) is 0 Å². The molecule has 2 N–H and O–H groups in total. The predicted molar refractivity (Wildman–Crippen MR) is 218 cm³/mol. The Morgan fingerprint density at radius 3 is 2.31 bits per heavy atom. The molecule has 4 heterocycles. The van der Waals surface area contributed by atoms with Gasteiger partial charge in [0.1, 0.15) is 53.5 Å². The van der Waals surface area contributed by atoms with Crippen LogP contribution in [0, 0.1) is 24.1 Å². The van der Waals surface area contributed by atoms with Gasteiger partial charge in [-0.1, -0.05) is 16.4 Å². The van der Waals surface area contributed by atoms with Crippen LogP contribution in [0.4, 0.5) is 54.1 Å². The topological polar surface area (TPSA) is 163 Å². The van der Waals surface area contributed by atoms with Gasteiger partial charge in [0.15, 0.2) is 5.82 Å². The molecule has 2 fully saturated rings. The second kappa shape index (κ2) is 16.3. The molecule has 3 aliphatic carbocycles. The summed E-state index contributed by atoms with van der Waals surface area (Å²) in [6.45, 7) is 2.93. The second-order valence-electron chi connectivity index (χ2n) is 16.3. The standard InChI is InChI=1S/C41H28ClF11N10O4S/c1-54-39-13-26(39)40(49,50)35-32(39)33(36(47)48)58-62(35)16-29(64)56-24(10-17-8-19(43)11-20(44)9-17)38-57-23(18-2-7-27(55-14-18)41(51,52)53)12-30(65)63(38)25-6-5-22(42)31-34(25)61(15-28(45)46)59-37(31)60-68(66,67)21-3-4-21/h1-2,5-9,11-12,14,21,24,26,28,36H,3-4,10,13,15-16H2,(H-,56,59,60,64)/p+1/t24-,26+,39+/m0/s1. The lowest BCUT2D eigenvalue weighted by atomic mass is 10.0. The van der Waals surface area contributed by atoms with Crippen molar-refractivity contribution in [1.29, 1.82) is 0 Å². The highest BCUT2D eigenvalue weighted by molar-refractivity contribution is 7.93. The molecule has 0 bridgehead atoms. The first-order valence-corrected chi connectivity index (χ1v) is 22.0. The minimum Gasteiger partial charge on any atom is -0.344 e. The van der Waals surface area contributed by atoms with Crippen molar-refractivity contribution in [3.63, 3.8) is 0 Å². The fraction of sp³-hybridized carbons (Fsp3) is 0.341. The van der Waals surface area contributed by atoms with E-state index in [9.17, 15) is 57.5 Å². The fourth-order valence-corrected chi connectivity index (χ4v) is 10.2. The molecule has 1 amide bonds. The van der Waals surface area contributed by atoms with Crippen LogP contribution < -0.4 is 15.6 Å². The van der Waals surface area contributed by atoms with Crippen molar-refractivity contribution in [3.8, 4) is 23.5 Å². The molecular formula is C41H29ClF11N10O4S+. The Balaban J connectivity index is 1.25. The average molecular weight is 1000 g/mol. The summed E-state index contributed by atoms with van der Waals surface area (Å²) in [5.41, 5.74) is -9.20. The number of pyridine rings is 1. The third-order valence-electron chi connectivity index (χ3n) is 11.7. The zero-order chi connectivity index (χ0) is 49.0. The minimum absolute atomic E-state index is 0.252. The highest BCUT2D eigenvalue weighted by atomic mass is 35.5. The van der Waals surface area contributed by atoms with Gasteiger partial charge in [0.25, 0.3) is 25.0 Å². The number of carbonyl (C=O) groups is 1. The molecule has 27 heteroatoms. The minimum atomic E-state index is -4.92. The van der Waals surface area contributed by atoms with Gasteiger partial charge in [-0.15, -0.1) is 0 Å². The van der Waals surface area contributed by atoms with Gasteiger partial charge in [-0.3, -0.25) is 33.2 Å². The summed E-state index contributed by atoms with van der Waals surface area (Å²) in [4.78, 5) is 40.2. The zero-order valence-electron chi connectivity index (χ0n) is 34.1. The SMILES string of the molecule is C#[N+][C@]12C[C@H]1C(F)(F)c1c2c(C(F)F)nn1CC(=O)N[C@@H](Cc1cc(F)cc(F)c1)c1nc(-c2ccc(C(F)(F)F)nc2)cc(=O)n1-c1ccc(Cl)c2c(NS(=O)(=O)C3CC3)nn(CC(F)F)c12. The number of benzene rings is 2. The van der Waals surface area contributed by atoms with Crippen molar-refractivity contribution >= 4 is 44.3 Å². The Morgan fingerprint density at radius 2 is 1.71 bits per heavy atom. The van der Waals surface area contributed by atoms with Crippen LogP contribution in [-0.4, -0.2) is 60.1 Å². The van der Waals surface area contributed by atoms with E-state index in [1.807, 2.05) is 0 Å². The molecule has 4 aromatic heterocycles. The Kier molecular flexibility index (Phi) is 11.1. The maximum atomic E-state index is 15.8. The molecule has 14 nitrogen and oxygen atoms in total. The number of fused-ring (bicyclic) bond motifs is 4. The number of nitrogens with one attached hydrogen (secondary N) is 2. The average Bonchev–Trinajstić information content (AvgIpc) is 4.16. The number of carbonyl (C=O) groups excluding carboxylic acids is 1. The summed E-state index contributed by atoms with van der Waals surface area (Å²) >= 11 is 6.57. The first kappa shape index (κ1) is 46.5.